The number of aromatic nitrogens is 1. The zero-order valence-electron chi connectivity index (χ0n) is 21.8. The van der Waals surface area contributed by atoms with Crippen LogP contribution in [-0.4, -0.2) is 79.0 Å². The first-order chi connectivity index (χ1) is 19.0. The molecule has 0 unspecified atom stereocenters. The number of nitrogens with one attached hydrogen (secondary N) is 2. The Balaban J connectivity index is 1.28. The van der Waals surface area contributed by atoms with Gasteiger partial charge in [0.25, 0.3) is 5.91 Å². The van der Waals surface area contributed by atoms with Gasteiger partial charge >= 0.3 is 6.09 Å². The van der Waals surface area contributed by atoms with Gasteiger partial charge in [0.05, 0.1) is 5.69 Å². The molecule has 0 saturated carbocycles. The van der Waals surface area contributed by atoms with Crippen molar-refractivity contribution >= 4 is 56.7 Å². The fourth-order valence-electron chi connectivity index (χ4n) is 6.25. The van der Waals surface area contributed by atoms with Crippen molar-refractivity contribution in [3.05, 3.63) is 65.4 Å². The molecule has 4 heterocycles. The number of benzene rings is 3. The molecule has 1 saturated heterocycles. The summed E-state index contributed by atoms with van der Waals surface area (Å²) in [6.07, 6.45) is 0.573. The highest BCUT2D eigenvalue weighted by Crippen LogP contribution is 2.46. The van der Waals surface area contributed by atoms with E-state index in [9.17, 15) is 9.59 Å². The van der Waals surface area contributed by atoms with E-state index >= 15 is 0 Å². The van der Waals surface area contributed by atoms with Crippen molar-refractivity contribution in [3.63, 3.8) is 0 Å². The second-order valence-electron chi connectivity index (χ2n) is 10.7. The van der Waals surface area contributed by atoms with Crippen LogP contribution in [0.5, 0.6) is 5.75 Å². The number of fused-ring (bicyclic) bond motifs is 6. The van der Waals surface area contributed by atoms with Gasteiger partial charge in [-0.15, -0.1) is 11.6 Å². The SMILES string of the molecule is CN1CCN(C(=O)Oc2cc3c(c4ccccc24)[C@H](CCl)CN3C(=O)c2cc3c4c(ccc3[nH]2)NCC4)CC1. The minimum atomic E-state index is -0.365. The van der Waals surface area contributed by atoms with E-state index in [4.69, 9.17) is 16.3 Å². The third kappa shape index (κ3) is 4.01. The molecular weight excluding hydrogens is 514 g/mol. The highest BCUT2D eigenvalue weighted by Gasteiger charge is 2.36. The summed E-state index contributed by atoms with van der Waals surface area (Å²) >= 11 is 6.47. The van der Waals surface area contributed by atoms with Crippen LogP contribution in [0.1, 0.15) is 27.5 Å². The number of halogens is 1. The van der Waals surface area contributed by atoms with Crippen LogP contribution in [0.3, 0.4) is 0 Å². The normalized spacial score (nSPS) is 18.9. The van der Waals surface area contributed by atoms with E-state index in [-0.39, 0.29) is 17.9 Å². The van der Waals surface area contributed by atoms with E-state index < -0.39 is 0 Å². The molecule has 3 aromatic carbocycles. The van der Waals surface area contributed by atoms with Crippen LogP contribution >= 0.6 is 11.6 Å². The Labute approximate surface area is 231 Å². The Hall–Kier alpha value is -3.75. The van der Waals surface area contributed by atoms with Crippen LogP contribution in [0, 0.1) is 0 Å². The second kappa shape index (κ2) is 9.47. The number of H-pyrrole nitrogens is 1. The molecule has 3 aliphatic rings. The summed E-state index contributed by atoms with van der Waals surface area (Å²) in [5.41, 5.74) is 5.63. The van der Waals surface area contributed by atoms with Gasteiger partial charge in [-0.25, -0.2) is 4.79 Å². The maximum absolute atomic E-state index is 14.0. The predicted molar refractivity (Wildman–Crippen MR) is 155 cm³/mol. The first kappa shape index (κ1) is 24.3. The maximum atomic E-state index is 14.0. The number of piperazine rings is 1. The maximum Gasteiger partial charge on any atom is 0.415 e. The molecular formula is C30H30ClN5O3. The molecule has 1 atom stereocenters. The third-order valence-corrected chi connectivity index (χ3v) is 8.73. The number of aromatic amines is 1. The van der Waals surface area contributed by atoms with Crippen molar-refractivity contribution < 1.29 is 14.3 Å². The van der Waals surface area contributed by atoms with Crippen molar-refractivity contribution in [1.82, 2.24) is 14.8 Å². The van der Waals surface area contributed by atoms with E-state index in [0.29, 0.717) is 37.0 Å². The van der Waals surface area contributed by atoms with Crippen LogP contribution in [0.15, 0.2) is 48.5 Å². The van der Waals surface area contributed by atoms with Gasteiger partial charge in [0.1, 0.15) is 11.4 Å². The van der Waals surface area contributed by atoms with Gasteiger partial charge in [-0.05, 0) is 48.2 Å². The number of anilines is 2. The van der Waals surface area contributed by atoms with Crippen molar-refractivity contribution in [2.45, 2.75) is 12.3 Å². The van der Waals surface area contributed by atoms with E-state index in [2.05, 4.69) is 21.3 Å². The minimum Gasteiger partial charge on any atom is -0.409 e. The molecule has 0 spiro atoms. The zero-order chi connectivity index (χ0) is 26.7. The van der Waals surface area contributed by atoms with Crippen LogP contribution in [0.4, 0.5) is 16.2 Å². The summed E-state index contributed by atoms with van der Waals surface area (Å²) in [6.45, 7) is 4.23. The Bertz CT molecular complexity index is 1620. The smallest absolute Gasteiger partial charge is 0.409 e. The first-order valence-electron chi connectivity index (χ1n) is 13.5. The lowest BCUT2D eigenvalue weighted by molar-refractivity contribution is 0.0984. The van der Waals surface area contributed by atoms with E-state index in [0.717, 1.165) is 64.7 Å². The molecule has 2 amide bonds. The number of nitrogens with zero attached hydrogens (tertiary/aromatic N) is 3. The molecule has 7 rings (SSSR count). The van der Waals surface area contributed by atoms with Gasteiger partial charge in [-0.3, -0.25) is 4.79 Å². The van der Waals surface area contributed by atoms with Crippen molar-refractivity contribution in [2.24, 2.45) is 0 Å². The fourth-order valence-corrected chi connectivity index (χ4v) is 6.50. The number of hydrogen-bond acceptors (Lipinski definition) is 5. The lowest BCUT2D eigenvalue weighted by atomic mass is 9.95. The average Bonchev–Trinajstić information content (AvgIpc) is 3.69. The summed E-state index contributed by atoms with van der Waals surface area (Å²) < 4.78 is 6.01. The number of rotatable bonds is 3. The molecule has 1 fully saturated rings. The number of likely N-dealkylation sites (N-methyl/N-ethyl adjacent to an activating group) is 1. The largest absolute Gasteiger partial charge is 0.415 e. The summed E-state index contributed by atoms with van der Waals surface area (Å²) in [5.74, 6) is 0.691. The number of alkyl halides is 1. The van der Waals surface area contributed by atoms with E-state index in [1.807, 2.05) is 49.5 Å². The van der Waals surface area contributed by atoms with Crippen molar-refractivity contribution in [2.75, 3.05) is 62.4 Å². The fraction of sp³-hybridized carbons (Fsp3) is 0.333. The number of carbonyl (C=O) groups is 2. The molecule has 9 heteroatoms. The van der Waals surface area contributed by atoms with Gasteiger partial charge in [-0.1, -0.05) is 24.3 Å². The molecule has 0 bridgehead atoms. The molecule has 0 radical (unpaired) electrons. The Morgan fingerprint density at radius 1 is 1.03 bits per heavy atom. The lowest BCUT2D eigenvalue weighted by Gasteiger charge is -2.31. The molecule has 4 aromatic rings. The van der Waals surface area contributed by atoms with Gasteiger partial charge in [0, 0.05) is 79.1 Å². The van der Waals surface area contributed by atoms with E-state index in [1.54, 1.807) is 9.80 Å². The van der Waals surface area contributed by atoms with Gasteiger partial charge in [0.2, 0.25) is 0 Å². The molecule has 8 nitrogen and oxygen atoms in total. The predicted octanol–water partition coefficient (Wildman–Crippen LogP) is 5.02. The second-order valence-corrected chi connectivity index (χ2v) is 11.0. The summed E-state index contributed by atoms with van der Waals surface area (Å²) in [5, 5.41) is 6.28. The highest BCUT2D eigenvalue weighted by molar-refractivity contribution is 6.19. The standard InChI is InChI=1S/C30H30ClN5O3/c1-34-10-12-35(13-11-34)30(38)39-27-15-26-28(21-5-3-2-4-20(21)27)18(16-31)17-36(26)29(37)25-14-22-19-8-9-32-23(19)6-7-24(22)33-25/h2-7,14-15,18,32-33H,8-13,16-17H2,1H3/t18-/m1/s1. The molecule has 1 aromatic heterocycles. The van der Waals surface area contributed by atoms with Crippen LogP contribution < -0.4 is 15.0 Å². The van der Waals surface area contributed by atoms with E-state index in [1.165, 1.54) is 5.56 Å². The van der Waals surface area contributed by atoms with Crippen molar-refractivity contribution in [3.8, 4) is 5.75 Å². The topological polar surface area (TPSA) is 80.9 Å². The quantitative estimate of drug-likeness (QED) is 0.355. The van der Waals surface area contributed by atoms with Crippen LogP contribution in [-0.2, 0) is 6.42 Å². The third-order valence-electron chi connectivity index (χ3n) is 8.35. The number of ether oxygens (including phenoxy) is 1. The number of hydrogen-bond donors (Lipinski definition) is 2. The number of amides is 2. The first-order valence-corrected chi connectivity index (χ1v) is 14.0. The zero-order valence-corrected chi connectivity index (χ0v) is 22.6. The molecule has 2 N–H and O–H groups in total. The van der Waals surface area contributed by atoms with Crippen molar-refractivity contribution in [1.29, 1.82) is 0 Å². The Morgan fingerprint density at radius 2 is 1.82 bits per heavy atom. The van der Waals surface area contributed by atoms with Gasteiger partial charge in [0.15, 0.2) is 0 Å². The van der Waals surface area contributed by atoms with Gasteiger partial charge in [-0.2, -0.15) is 0 Å². The summed E-state index contributed by atoms with van der Waals surface area (Å²) in [6, 6.07) is 15.8. The van der Waals surface area contributed by atoms with Crippen LogP contribution in [0.2, 0.25) is 0 Å². The Kier molecular flexibility index (Phi) is 5.90. The average molecular weight is 544 g/mol. The van der Waals surface area contributed by atoms with Gasteiger partial charge < -0.3 is 29.7 Å². The highest BCUT2D eigenvalue weighted by atomic mass is 35.5. The molecule has 200 valence electrons. The lowest BCUT2D eigenvalue weighted by Crippen LogP contribution is -2.48. The number of carbonyl (C=O) groups excluding carboxylic acids is 2. The minimum absolute atomic E-state index is 0.0317. The molecule has 3 aliphatic heterocycles. The summed E-state index contributed by atoms with van der Waals surface area (Å²) in [7, 11) is 2.05. The molecule has 39 heavy (non-hydrogen) atoms. The molecule has 0 aliphatic carbocycles. The Morgan fingerprint density at radius 3 is 2.62 bits per heavy atom. The summed E-state index contributed by atoms with van der Waals surface area (Å²) in [4.78, 5) is 36.2. The van der Waals surface area contributed by atoms with Crippen LogP contribution in [0.25, 0.3) is 21.7 Å². The monoisotopic (exact) mass is 543 g/mol.